The molecule has 0 atom stereocenters. The van der Waals surface area contributed by atoms with Gasteiger partial charge in [0.05, 0.1) is 11.1 Å². The first-order chi connectivity index (χ1) is 13.8. The van der Waals surface area contributed by atoms with Crippen molar-refractivity contribution in [1.29, 1.82) is 0 Å². The summed E-state index contributed by atoms with van der Waals surface area (Å²) in [6, 6.07) is 10.8. The van der Waals surface area contributed by atoms with Crippen LogP contribution in [0.4, 0.5) is 20.6 Å². The number of fused-ring (bicyclic) bond motifs is 1. The summed E-state index contributed by atoms with van der Waals surface area (Å²) in [5.74, 6) is 0.270. The average Bonchev–Trinajstić information content (AvgIpc) is 2.78. The van der Waals surface area contributed by atoms with Crippen molar-refractivity contribution < 1.29 is 18.7 Å². The highest BCUT2D eigenvalue weighted by molar-refractivity contribution is 6.00. The zero-order valence-electron chi connectivity index (χ0n) is 16.9. The van der Waals surface area contributed by atoms with Crippen LogP contribution in [0.15, 0.2) is 42.5 Å². The molecule has 2 aromatic carbocycles. The first-order valence-electron chi connectivity index (χ1n) is 9.68. The first-order valence-corrected chi connectivity index (χ1v) is 9.68. The summed E-state index contributed by atoms with van der Waals surface area (Å²) in [6.45, 7) is 6.90. The Morgan fingerprint density at radius 2 is 1.93 bits per heavy atom. The number of urea groups is 1. The molecule has 0 aliphatic carbocycles. The largest absolute Gasteiger partial charge is 0.490 e. The molecule has 1 aliphatic heterocycles. The van der Waals surface area contributed by atoms with Gasteiger partial charge in [-0.05, 0) is 50.1 Å². The normalized spacial score (nSPS) is 15.2. The Hall–Kier alpha value is -3.09. The molecule has 0 saturated heterocycles. The smallest absolute Gasteiger partial charge is 0.319 e. The van der Waals surface area contributed by atoms with Gasteiger partial charge >= 0.3 is 6.03 Å². The third-order valence-corrected chi connectivity index (χ3v) is 4.73. The van der Waals surface area contributed by atoms with E-state index in [1.807, 2.05) is 20.8 Å². The summed E-state index contributed by atoms with van der Waals surface area (Å²) >= 11 is 0. The molecule has 2 aromatic rings. The molecule has 154 valence electrons. The van der Waals surface area contributed by atoms with E-state index in [9.17, 15) is 14.0 Å². The summed E-state index contributed by atoms with van der Waals surface area (Å²) in [4.78, 5) is 26.8. The summed E-state index contributed by atoms with van der Waals surface area (Å²) < 4.78 is 18.9. The van der Waals surface area contributed by atoms with Crippen molar-refractivity contribution in [2.24, 2.45) is 5.41 Å². The molecule has 0 unspecified atom stereocenters. The lowest BCUT2D eigenvalue weighted by atomic mass is 9.93. The third kappa shape index (κ3) is 4.85. The second kappa shape index (κ2) is 8.51. The van der Waals surface area contributed by atoms with Crippen LogP contribution < -0.4 is 20.3 Å². The van der Waals surface area contributed by atoms with E-state index in [0.29, 0.717) is 23.7 Å². The van der Waals surface area contributed by atoms with Gasteiger partial charge in [0.1, 0.15) is 18.2 Å². The predicted molar refractivity (Wildman–Crippen MR) is 111 cm³/mol. The number of hydrogen-bond donors (Lipinski definition) is 2. The number of benzene rings is 2. The number of hydrogen-bond acceptors (Lipinski definition) is 3. The van der Waals surface area contributed by atoms with Crippen LogP contribution in [0.25, 0.3) is 0 Å². The molecule has 0 radical (unpaired) electrons. The number of halogens is 1. The molecular formula is C22H26FN3O3. The fourth-order valence-corrected chi connectivity index (χ4v) is 3.13. The lowest BCUT2D eigenvalue weighted by Crippen LogP contribution is -2.42. The van der Waals surface area contributed by atoms with Gasteiger partial charge in [0, 0.05) is 24.8 Å². The van der Waals surface area contributed by atoms with E-state index in [0.717, 1.165) is 12.0 Å². The minimum absolute atomic E-state index is 0.0239. The fourth-order valence-electron chi connectivity index (χ4n) is 3.13. The third-order valence-electron chi connectivity index (χ3n) is 4.73. The van der Waals surface area contributed by atoms with Crippen LogP contribution in [-0.4, -0.2) is 25.1 Å². The molecule has 1 aliphatic rings. The lowest BCUT2D eigenvalue weighted by molar-refractivity contribution is -0.127. The second-order valence-electron chi connectivity index (χ2n) is 7.75. The molecule has 0 aromatic heterocycles. The Labute approximate surface area is 170 Å². The van der Waals surface area contributed by atoms with Crippen molar-refractivity contribution in [2.45, 2.75) is 33.7 Å². The molecule has 0 bridgehead atoms. The van der Waals surface area contributed by atoms with Gasteiger partial charge in [-0.3, -0.25) is 4.79 Å². The Morgan fingerprint density at radius 1 is 1.21 bits per heavy atom. The molecule has 0 spiro atoms. The van der Waals surface area contributed by atoms with Crippen molar-refractivity contribution >= 4 is 23.3 Å². The molecule has 1 heterocycles. The minimum atomic E-state index is -0.631. The Morgan fingerprint density at radius 3 is 2.62 bits per heavy atom. The summed E-state index contributed by atoms with van der Waals surface area (Å²) in [5.41, 5.74) is 1.43. The summed E-state index contributed by atoms with van der Waals surface area (Å²) in [5, 5.41) is 5.50. The van der Waals surface area contributed by atoms with E-state index in [-0.39, 0.29) is 30.9 Å². The lowest BCUT2D eigenvalue weighted by Gasteiger charge is -2.27. The number of anilines is 2. The Kier molecular flexibility index (Phi) is 6.06. The highest BCUT2D eigenvalue weighted by Crippen LogP contribution is 2.38. The molecule has 3 amide bonds. The highest BCUT2D eigenvalue weighted by atomic mass is 19.1. The van der Waals surface area contributed by atoms with Crippen LogP contribution in [0.3, 0.4) is 0 Å². The van der Waals surface area contributed by atoms with Crippen LogP contribution in [-0.2, 0) is 11.3 Å². The van der Waals surface area contributed by atoms with Crippen LogP contribution in [0.5, 0.6) is 5.75 Å². The zero-order chi connectivity index (χ0) is 21.0. The van der Waals surface area contributed by atoms with Gasteiger partial charge in [-0.25, -0.2) is 9.18 Å². The fraction of sp³-hybridized carbons (Fsp3) is 0.364. The molecule has 7 heteroatoms. The van der Waals surface area contributed by atoms with Crippen LogP contribution in [0.1, 0.15) is 32.8 Å². The van der Waals surface area contributed by atoms with Gasteiger partial charge in [-0.1, -0.05) is 19.1 Å². The number of rotatable bonds is 5. The number of amides is 3. The van der Waals surface area contributed by atoms with Gasteiger partial charge in [0.25, 0.3) is 0 Å². The monoisotopic (exact) mass is 399 g/mol. The van der Waals surface area contributed by atoms with Crippen LogP contribution in [0, 0.1) is 11.2 Å². The van der Waals surface area contributed by atoms with Gasteiger partial charge < -0.3 is 20.3 Å². The van der Waals surface area contributed by atoms with Crippen molar-refractivity contribution in [2.75, 3.05) is 23.4 Å². The van der Waals surface area contributed by atoms with E-state index in [1.165, 1.54) is 12.1 Å². The molecule has 0 fully saturated rings. The number of carbonyl (C=O) groups is 2. The zero-order valence-corrected chi connectivity index (χ0v) is 16.9. The number of ether oxygens (including phenoxy) is 1. The maximum Gasteiger partial charge on any atom is 0.319 e. The van der Waals surface area contributed by atoms with E-state index in [2.05, 4.69) is 10.6 Å². The summed E-state index contributed by atoms with van der Waals surface area (Å²) in [7, 11) is 0. The van der Waals surface area contributed by atoms with E-state index in [1.54, 1.807) is 35.2 Å². The Balaban J connectivity index is 1.71. The van der Waals surface area contributed by atoms with E-state index >= 15 is 0 Å². The molecular weight excluding hydrogens is 373 g/mol. The Bertz CT molecular complexity index is 897. The van der Waals surface area contributed by atoms with E-state index in [4.69, 9.17) is 4.74 Å². The number of nitrogens with zero attached hydrogens (tertiary/aromatic N) is 1. The number of carbonyl (C=O) groups excluding carboxylic acids is 2. The van der Waals surface area contributed by atoms with Crippen molar-refractivity contribution in [3.63, 3.8) is 0 Å². The first kappa shape index (κ1) is 20.6. The quantitative estimate of drug-likeness (QED) is 0.787. The highest BCUT2D eigenvalue weighted by Gasteiger charge is 2.37. The SMILES string of the molecule is CCCN1C(=O)C(C)(C)COc2cc(NC(=O)NCc3ccc(F)cc3)ccc21. The topological polar surface area (TPSA) is 70.7 Å². The molecule has 2 N–H and O–H groups in total. The standard InChI is InChI=1S/C22H26FN3O3/c1-4-11-26-18-10-9-17(12-19(18)29-14-22(2,3)20(26)27)25-21(28)24-13-15-5-7-16(23)8-6-15/h5-10,12H,4,11,13-14H2,1-3H3,(H2,24,25,28). The van der Waals surface area contributed by atoms with Crippen molar-refractivity contribution in [3.05, 3.63) is 53.8 Å². The van der Waals surface area contributed by atoms with Crippen molar-refractivity contribution in [1.82, 2.24) is 5.32 Å². The predicted octanol–water partition coefficient (Wildman–Crippen LogP) is 4.31. The van der Waals surface area contributed by atoms with Gasteiger partial charge in [-0.15, -0.1) is 0 Å². The van der Waals surface area contributed by atoms with Crippen LogP contribution >= 0.6 is 0 Å². The minimum Gasteiger partial charge on any atom is -0.490 e. The molecule has 6 nitrogen and oxygen atoms in total. The number of nitrogens with one attached hydrogen (secondary N) is 2. The van der Waals surface area contributed by atoms with Crippen LogP contribution in [0.2, 0.25) is 0 Å². The van der Waals surface area contributed by atoms with Gasteiger partial charge in [-0.2, -0.15) is 0 Å². The van der Waals surface area contributed by atoms with Crippen molar-refractivity contribution in [3.8, 4) is 5.75 Å². The molecule has 29 heavy (non-hydrogen) atoms. The van der Waals surface area contributed by atoms with Gasteiger partial charge in [0.2, 0.25) is 5.91 Å². The average molecular weight is 399 g/mol. The maximum absolute atomic E-state index is 13.0. The second-order valence-corrected chi connectivity index (χ2v) is 7.75. The van der Waals surface area contributed by atoms with Gasteiger partial charge in [0.15, 0.2) is 0 Å². The maximum atomic E-state index is 13.0. The van der Waals surface area contributed by atoms with E-state index < -0.39 is 5.41 Å². The summed E-state index contributed by atoms with van der Waals surface area (Å²) in [6.07, 6.45) is 0.826. The molecule has 3 rings (SSSR count). The molecule has 0 saturated carbocycles.